The van der Waals surface area contributed by atoms with Crippen LogP contribution in [0.1, 0.15) is 65.3 Å². The van der Waals surface area contributed by atoms with Crippen molar-refractivity contribution in [3.05, 3.63) is 59.2 Å². The van der Waals surface area contributed by atoms with Crippen molar-refractivity contribution in [1.82, 2.24) is 5.32 Å². The predicted octanol–water partition coefficient (Wildman–Crippen LogP) is 4.65. The summed E-state index contributed by atoms with van der Waals surface area (Å²) in [6.07, 6.45) is 6.33. The van der Waals surface area contributed by atoms with Crippen LogP contribution in [-0.2, 0) is 11.2 Å². The molecule has 0 spiro atoms. The molecule has 6 nitrogen and oxygen atoms in total. The first-order valence-electron chi connectivity index (χ1n) is 11.7. The third-order valence-corrected chi connectivity index (χ3v) is 5.79. The van der Waals surface area contributed by atoms with Gasteiger partial charge in [-0.25, -0.2) is 0 Å². The quantitative estimate of drug-likeness (QED) is 0.502. The van der Waals surface area contributed by atoms with Gasteiger partial charge >= 0.3 is 0 Å². The van der Waals surface area contributed by atoms with Crippen molar-refractivity contribution in [1.29, 1.82) is 0 Å². The lowest BCUT2D eigenvalue weighted by molar-refractivity contribution is 0.0947. The minimum absolute atomic E-state index is 0.126. The van der Waals surface area contributed by atoms with Gasteiger partial charge in [0.25, 0.3) is 11.8 Å². The number of hydrogen-bond acceptors (Lipinski definition) is 4. The molecule has 32 heavy (non-hydrogen) atoms. The molecule has 1 aliphatic heterocycles. The van der Waals surface area contributed by atoms with E-state index in [0.717, 1.165) is 57.3 Å². The second kappa shape index (κ2) is 12.2. The van der Waals surface area contributed by atoms with Gasteiger partial charge in [-0.05, 0) is 68.0 Å². The topological polar surface area (TPSA) is 70.7 Å². The van der Waals surface area contributed by atoms with E-state index in [2.05, 4.69) is 22.5 Å². The molecule has 0 aromatic heterocycles. The minimum atomic E-state index is -0.174. The van der Waals surface area contributed by atoms with Crippen molar-refractivity contribution in [3.63, 3.8) is 0 Å². The first-order valence-corrected chi connectivity index (χ1v) is 11.7. The van der Waals surface area contributed by atoms with E-state index in [-0.39, 0.29) is 11.8 Å². The van der Waals surface area contributed by atoms with Gasteiger partial charge in [0.1, 0.15) is 0 Å². The average molecular weight is 438 g/mol. The Bertz CT molecular complexity index is 890. The van der Waals surface area contributed by atoms with Crippen LogP contribution in [0.5, 0.6) is 0 Å². The van der Waals surface area contributed by atoms with Gasteiger partial charge in [-0.3, -0.25) is 9.59 Å². The van der Waals surface area contributed by atoms with Gasteiger partial charge in [-0.1, -0.05) is 25.5 Å². The van der Waals surface area contributed by atoms with E-state index in [9.17, 15) is 9.59 Å². The lowest BCUT2D eigenvalue weighted by Gasteiger charge is -2.22. The predicted molar refractivity (Wildman–Crippen MR) is 130 cm³/mol. The van der Waals surface area contributed by atoms with Crippen molar-refractivity contribution < 1.29 is 14.3 Å². The molecule has 0 radical (unpaired) electrons. The van der Waals surface area contributed by atoms with Crippen LogP contribution in [0.25, 0.3) is 0 Å². The molecule has 172 valence electrons. The lowest BCUT2D eigenvalue weighted by Crippen LogP contribution is -2.29. The molecule has 0 atom stereocenters. The van der Waals surface area contributed by atoms with E-state index in [1.54, 1.807) is 13.2 Å². The zero-order chi connectivity index (χ0) is 22.8. The molecule has 6 heteroatoms. The summed E-state index contributed by atoms with van der Waals surface area (Å²) in [5, 5.41) is 5.93. The summed E-state index contributed by atoms with van der Waals surface area (Å²) < 4.78 is 5.06. The maximum absolute atomic E-state index is 12.9. The summed E-state index contributed by atoms with van der Waals surface area (Å²) in [7, 11) is 1.65. The van der Waals surface area contributed by atoms with Crippen LogP contribution in [-0.4, -0.2) is 45.2 Å². The first kappa shape index (κ1) is 23.8. The van der Waals surface area contributed by atoms with E-state index in [1.165, 1.54) is 5.56 Å². The lowest BCUT2D eigenvalue weighted by atomic mass is 10.1. The summed E-state index contributed by atoms with van der Waals surface area (Å²) >= 11 is 0. The van der Waals surface area contributed by atoms with Crippen molar-refractivity contribution in [2.45, 2.75) is 45.4 Å². The van der Waals surface area contributed by atoms with E-state index in [1.807, 2.05) is 36.4 Å². The number of ether oxygens (including phenoxy) is 1. The normalized spacial score (nSPS) is 13.2. The van der Waals surface area contributed by atoms with E-state index >= 15 is 0 Å². The maximum atomic E-state index is 12.9. The van der Waals surface area contributed by atoms with Crippen LogP contribution < -0.4 is 15.5 Å². The van der Waals surface area contributed by atoms with E-state index in [4.69, 9.17) is 4.74 Å². The summed E-state index contributed by atoms with van der Waals surface area (Å²) in [6.45, 7) is 5.21. The Kier molecular flexibility index (Phi) is 9.11. The molecule has 0 saturated carbocycles. The molecule has 0 unspecified atom stereocenters. The number of nitrogens with zero attached hydrogens (tertiary/aromatic N) is 1. The summed E-state index contributed by atoms with van der Waals surface area (Å²) in [6, 6.07) is 13.4. The highest BCUT2D eigenvalue weighted by molar-refractivity contribution is 6.06. The molecule has 1 heterocycles. The monoisotopic (exact) mass is 437 g/mol. The molecule has 1 aliphatic rings. The van der Waals surface area contributed by atoms with Gasteiger partial charge in [0.15, 0.2) is 0 Å². The van der Waals surface area contributed by atoms with Gasteiger partial charge in [-0.2, -0.15) is 0 Å². The van der Waals surface area contributed by atoms with Crippen LogP contribution in [0, 0.1) is 0 Å². The number of carbonyl (C=O) groups excluding carboxylic acids is 2. The number of aryl methyl sites for hydroxylation is 1. The van der Waals surface area contributed by atoms with Gasteiger partial charge in [0.2, 0.25) is 0 Å². The standard InChI is InChI=1S/C26H35N3O3/c1-3-4-8-20-9-11-21(12-10-20)25(30)28-22-13-14-24(29-16-5-6-17-29)23(19-22)26(31)27-15-7-18-32-2/h9-14,19H,3-8,15-18H2,1-2H3,(H,27,31)(H,28,30). The fourth-order valence-corrected chi connectivity index (χ4v) is 3.95. The smallest absolute Gasteiger partial charge is 0.255 e. The zero-order valence-electron chi connectivity index (χ0n) is 19.3. The molecule has 2 aromatic carbocycles. The van der Waals surface area contributed by atoms with Gasteiger partial charge in [-0.15, -0.1) is 0 Å². The third-order valence-electron chi connectivity index (χ3n) is 5.79. The number of nitrogens with one attached hydrogen (secondary N) is 2. The molecule has 0 aliphatic carbocycles. The summed E-state index contributed by atoms with van der Waals surface area (Å²) in [4.78, 5) is 27.9. The molecular weight excluding hydrogens is 402 g/mol. The van der Waals surface area contributed by atoms with Crippen LogP contribution in [0.3, 0.4) is 0 Å². The van der Waals surface area contributed by atoms with Gasteiger partial charge in [0, 0.05) is 50.3 Å². The molecule has 0 bridgehead atoms. The maximum Gasteiger partial charge on any atom is 0.255 e. The van der Waals surface area contributed by atoms with Crippen molar-refractivity contribution >= 4 is 23.2 Å². The average Bonchev–Trinajstić information content (AvgIpc) is 3.35. The molecule has 1 saturated heterocycles. The Balaban J connectivity index is 1.73. The Labute approximate surface area is 191 Å². The largest absolute Gasteiger partial charge is 0.385 e. The highest BCUT2D eigenvalue weighted by Crippen LogP contribution is 2.28. The van der Waals surface area contributed by atoms with Crippen LogP contribution in [0.15, 0.2) is 42.5 Å². The second-order valence-electron chi connectivity index (χ2n) is 8.28. The Morgan fingerprint density at radius 2 is 1.75 bits per heavy atom. The molecule has 2 N–H and O–H groups in total. The number of benzene rings is 2. The second-order valence-corrected chi connectivity index (χ2v) is 8.28. The zero-order valence-corrected chi connectivity index (χ0v) is 19.3. The Morgan fingerprint density at radius 1 is 1.00 bits per heavy atom. The van der Waals surface area contributed by atoms with E-state index in [0.29, 0.717) is 30.0 Å². The molecule has 3 rings (SSSR count). The summed E-state index contributed by atoms with van der Waals surface area (Å²) in [5.41, 5.74) is 3.99. The van der Waals surface area contributed by atoms with Gasteiger partial charge in [0.05, 0.1) is 5.56 Å². The number of anilines is 2. The molecule has 2 amide bonds. The fourth-order valence-electron chi connectivity index (χ4n) is 3.95. The number of hydrogen-bond donors (Lipinski definition) is 2. The Hall–Kier alpha value is -2.86. The van der Waals surface area contributed by atoms with Crippen LogP contribution in [0.4, 0.5) is 11.4 Å². The number of rotatable bonds is 11. The number of methoxy groups -OCH3 is 1. The number of carbonyl (C=O) groups is 2. The third kappa shape index (κ3) is 6.57. The highest BCUT2D eigenvalue weighted by Gasteiger charge is 2.20. The summed E-state index contributed by atoms with van der Waals surface area (Å²) in [5.74, 6) is -0.299. The SMILES string of the molecule is CCCCc1ccc(C(=O)Nc2ccc(N3CCCC3)c(C(=O)NCCCOC)c2)cc1. The first-order chi connectivity index (χ1) is 15.6. The van der Waals surface area contributed by atoms with Crippen LogP contribution >= 0.6 is 0 Å². The fraction of sp³-hybridized carbons (Fsp3) is 0.462. The van der Waals surface area contributed by atoms with E-state index < -0.39 is 0 Å². The molecular formula is C26H35N3O3. The minimum Gasteiger partial charge on any atom is -0.385 e. The molecule has 1 fully saturated rings. The van der Waals surface area contributed by atoms with Crippen molar-refractivity contribution in [3.8, 4) is 0 Å². The molecule has 2 aromatic rings. The van der Waals surface area contributed by atoms with Crippen molar-refractivity contribution in [2.75, 3.05) is 43.6 Å². The Morgan fingerprint density at radius 3 is 2.44 bits per heavy atom. The van der Waals surface area contributed by atoms with Crippen molar-refractivity contribution in [2.24, 2.45) is 0 Å². The number of unbranched alkanes of at least 4 members (excludes halogenated alkanes) is 1. The highest BCUT2D eigenvalue weighted by atomic mass is 16.5. The van der Waals surface area contributed by atoms with Crippen LogP contribution in [0.2, 0.25) is 0 Å². The van der Waals surface area contributed by atoms with Gasteiger partial charge < -0.3 is 20.3 Å². The number of amides is 2.